The summed E-state index contributed by atoms with van der Waals surface area (Å²) in [6.45, 7) is 5.92. The Morgan fingerprint density at radius 3 is 1.97 bits per heavy atom. The molecule has 92 heavy (non-hydrogen) atoms. The lowest BCUT2D eigenvalue weighted by atomic mass is 10.0. The van der Waals surface area contributed by atoms with Crippen LogP contribution in [-0.4, -0.2) is 175 Å². The van der Waals surface area contributed by atoms with E-state index in [1.807, 2.05) is 6.92 Å². The highest BCUT2D eigenvalue weighted by Crippen LogP contribution is 2.59. The molecule has 1 saturated heterocycles. The molecule has 27 heteroatoms. The van der Waals surface area contributed by atoms with Gasteiger partial charge in [-0.3, -0.25) is 48.0 Å². The minimum atomic E-state index is -1.17. The lowest BCUT2D eigenvalue weighted by molar-refractivity contribution is -0.142. The number of hydrogen-bond donors (Lipinski definition) is 5. The van der Waals surface area contributed by atoms with E-state index in [-0.39, 0.29) is 174 Å². The number of carboxylic acids is 2. The van der Waals surface area contributed by atoms with Gasteiger partial charge < -0.3 is 50.0 Å². The van der Waals surface area contributed by atoms with E-state index in [1.165, 1.54) is 62.4 Å². The number of aliphatic carboxylic acids is 2. The number of unbranched alkanes of at least 4 members (excludes halogenated alkanes) is 13. The van der Waals surface area contributed by atoms with Crippen LogP contribution in [0.3, 0.4) is 0 Å². The van der Waals surface area contributed by atoms with Gasteiger partial charge in [0.1, 0.15) is 59.6 Å². The molecule has 0 bridgehead atoms. The minimum absolute atomic E-state index is 0.0139. The molecular formula is C65H90BrFN10O15. The summed E-state index contributed by atoms with van der Waals surface area (Å²) in [5.41, 5.74) is 1.78. The van der Waals surface area contributed by atoms with Crippen molar-refractivity contribution in [3.05, 3.63) is 58.2 Å². The highest BCUT2D eigenvalue weighted by Gasteiger charge is 2.64. The molecule has 25 nitrogen and oxygen atoms in total. The normalized spacial score (nSPS) is 16.1. The van der Waals surface area contributed by atoms with E-state index in [0.29, 0.717) is 52.8 Å². The molecule has 0 aromatic carbocycles. The first-order valence-electron chi connectivity index (χ1n) is 32.2. The van der Waals surface area contributed by atoms with Crippen LogP contribution in [0.15, 0.2) is 35.3 Å². The van der Waals surface area contributed by atoms with Crippen molar-refractivity contribution in [2.75, 3.05) is 64.7 Å². The molecule has 4 amide bonds. The van der Waals surface area contributed by atoms with Gasteiger partial charge in [0, 0.05) is 88.0 Å². The Morgan fingerprint density at radius 1 is 0.707 bits per heavy atom. The predicted octanol–water partition coefficient (Wildman–Crippen LogP) is 8.42. The Kier molecular flexibility index (Phi) is 31.2. The average Bonchev–Trinajstić information content (AvgIpc) is 1.55. The Bertz CT molecular complexity index is 3130. The predicted molar refractivity (Wildman–Crippen MR) is 340 cm³/mol. The number of aromatic nitrogens is 6. The minimum Gasteiger partial charge on any atom is -0.481 e. The van der Waals surface area contributed by atoms with Crippen molar-refractivity contribution in [1.82, 2.24) is 45.2 Å². The molecule has 1 aliphatic carbocycles. The lowest BCUT2D eigenvalue weighted by Gasteiger charge is -2.27. The summed E-state index contributed by atoms with van der Waals surface area (Å²) in [5, 5.41) is 31.3. The highest BCUT2D eigenvalue weighted by molar-refractivity contribution is 9.10. The largest absolute Gasteiger partial charge is 0.481 e. The summed E-state index contributed by atoms with van der Waals surface area (Å²) in [5.74, 6) is -3.91. The van der Waals surface area contributed by atoms with E-state index in [0.717, 1.165) is 51.4 Å². The van der Waals surface area contributed by atoms with Gasteiger partial charge in [-0.15, -0.1) is 0 Å². The number of likely N-dealkylation sites (tertiary alicyclic amines) is 1. The average molecular weight is 1350 g/mol. The second kappa shape index (κ2) is 38.8. The fraction of sp³-hybridized carbons (Fsp3) is 0.631. The number of nitrogens with zero attached hydrogens (tertiary/aromatic N) is 7. The third kappa shape index (κ3) is 25.1. The van der Waals surface area contributed by atoms with Crippen LogP contribution in [0.5, 0.6) is 0 Å². The number of carbonyl (C=O) groups excluding carboxylic acids is 7. The number of nitrogens with one attached hydrogen (secondary N) is 3. The van der Waals surface area contributed by atoms with Gasteiger partial charge >= 0.3 is 11.9 Å². The number of Topliss-reactive ketones (excluding diaryl/α,β-unsaturated/α-hetero) is 3. The fourth-order valence-electron chi connectivity index (χ4n) is 11.1. The maximum absolute atomic E-state index is 14.1. The number of ether oxygens (including phenoxy) is 4. The van der Waals surface area contributed by atoms with Crippen molar-refractivity contribution in [2.45, 2.75) is 200 Å². The van der Waals surface area contributed by atoms with E-state index in [1.54, 1.807) is 30.3 Å². The van der Waals surface area contributed by atoms with Crippen LogP contribution in [0.4, 0.5) is 10.2 Å². The zero-order valence-corrected chi connectivity index (χ0v) is 54.8. The van der Waals surface area contributed by atoms with Crippen molar-refractivity contribution in [1.29, 1.82) is 0 Å². The van der Waals surface area contributed by atoms with Crippen LogP contribution in [0.1, 0.15) is 183 Å². The lowest BCUT2D eigenvalue weighted by Crippen LogP contribution is -2.47. The number of rotatable bonds is 48. The van der Waals surface area contributed by atoms with Gasteiger partial charge in [-0.2, -0.15) is 5.10 Å². The summed E-state index contributed by atoms with van der Waals surface area (Å²) in [6, 6.07) is 0.864. The van der Waals surface area contributed by atoms with Crippen LogP contribution in [0.25, 0.3) is 22.2 Å². The molecule has 5 N–H and O–H groups in total. The smallest absolute Gasteiger partial charge is 0.326 e. The maximum atomic E-state index is 14.1. The van der Waals surface area contributed by atoms with Gasteiger partial charge in [0.2, 0.25) is 23.6 Å². The Hall–Kier alpha value is -7.07. The van der Waals surface area contributed by atoms with Gasteiger partial charge in [0.05, 0.1) is 50.4 Å². The van der Waals surface area contributed by atoms with Gasteiger partial charge in [-0.1, -0.05) is 84.0 Å². The number of aryl methyl sites for hydroxylation is 2. The van der Waals surface area contributed by atoms with Crippen LogP contribution in [0, 0.1) is 18.2 Å². The molecule has 504 valence electrons. The fourth-order valence-corrected chi connectivity index (χ4v) is 11.4. The Labute approximate surface area is 544 Å². The second-order valence-corrected chi connectivity index (χ2v) is 24.8. The molecule has 4 aromatic rings. The maximum Gasteiger partial charge on any atom is 0.326 e. The molecule has 6 rings (SSSR count). The topological polar surface area (TPSA) is 340 Å². The molecule has 0 spiro atoms. The van der Waals surface area contributed by atoms with E-state index in [2.05, 4.69) is 56.9 Å². The number of halogens is 2. The van der Waals surface area contributed by atoms with Crippen LogP contribution < -0.4 is 16.0 Å². The van der Waals surface area contributed by atoms with Crippen molar-refractivity contribution in [2.24, 2.45) is 5.41 Å². The van der Waals surface area contributed by atoms with E-state index >= 15 is 0 Å². The number of hydrogen-bond acceptors (Lipinski definition) is 18. The number of carbonyl (C=O) groups is 9. The molecule has 1 aliphatic heterocycles. The SMILES string of the molecule is CC(=O)c1nn(CC(=O)N2[C@H](C(=O)Nc3nc(Br)c(F)cc3C)C[C@@]3(C)C[C@@H]23)c2cnc(-c3cnc(CCC(=O)COCCOCCNC(=O)COCCOCCCC(=O)CC[C@H](NC(=O)CCCCCCCCCCCCCCCCC(=O)O)C(=O)O)nc3)cc12. The zero-order valence-electron chi connectivity index (χ0n) is 53.2. The molecular weight excluding hydrogens is 1260 g/mol. The number of anilines is 1. The van der Waals surface area contributed by atoms with Crippen molar-refractivity contribution in [3.8, 4) is 11.3 Å². The molecule has 1 saturated carbocycles. The number of pyridine rings is 2. The number of amides is 4. The third-order valence-electron chi connectivity index (χ3n) is 16.4. The number of carboxylic acid groups (broad SMARTS) is 2. The van der Waals surface area contributed by atoms with Crippen molar-refractivity contribution >= 4 is 85.6 Å². The summed E-state index contributed by atoms with van der Waals surface area (Å²) >= 11 is 3.06. The highest BCUT2D eigenvalue weighted by atomic mass is 79.9. The first kappa shape index (κ1) is 74.0. The van der Waals surface area contributed by atoms with Crippen molar-refractivity contribution < 1.29 is 76.7 Å². The second-order valence-electron chi connectivity index (χ2n) is 24.0. The van der Waals surface area contributed by atoms with Crippen molar-refractivity contribution in [3.63, 3.8) is 0 Å². The molecule has 4 aromatic heterocycles. The van der Waals surface area contributed by atoms with E-state index in [4.69, 9.17) is 24.1 Å². The van der Waals surface area contributed by atoms with E-state index < -0.39 is 35.7 Å². The Morgan fingerprint density at radius 2 is 1.33 bits per heavy atom. The summed E-state index contributed by atoms with van der Waals surface area (Å²) in [4.78, 5) is 132. The van der Waals surface area contributed by atoms with E-state index in [9.17, 15) is 52.6 Å². The number of ketones is 3. The molecule has 2 aliphatic rings. The molecule has 4 atom stereocenters. The van der Waals surface area contributed by atoms with Gasteiger partial charge in [0.15, 0.2) is 17.4 Å². The molecule has 0 radical (unpaired) electrons. The summed E-state index contributed by atoms with van der Waals surface area (Å²) in [6.07, 6.45) is 22.4. The third-order valence-corrected chi connectivity index (χ3v) is 17.0. The monoisotopic (exact) mass is 1350 g/mol. The molecule has 5 heterocycles. The van der Waals surface area contributed by atoms with Gasteiger partial charge in [-0.05, 0) is 84.5 Å². The summed E-state index contributed by atoms with van der Waals surface area (Å²) in [7, 11) is 0. The van der Waals surface area contributed by atoms with Crippen LogP contribution >= 0.6 is 15.9 Å². The van der Waals surface area contributed by atoms with Crippen LogP contribution in [-0.2, 0) is 70.3 Å². The quantitative estimate of drug-likeness (QED) is 0.0157. The first-order chi connectivity index (χ1) is 44.2. The van der Waals surface area contributed by atoms with Gasteiger partial charge in [-0.25, -0.2) is 24.1 Å². The standard InChI is InChI=1S/C65H90BrFN10O15/c1-43-33-49(67)61(66)73-62(43)74-63(86)52-35-65(3)36-54(65)77(52)58(83)40-76-53-39-69-51(34-48(53)60(75-76)44(2)78)45-37-70-55(71-38-45)25-23-47(80)41-91-31-30-90-28-26-68-57(82)42-92-32-29-89-27-18-19-46(79)22-24-50(64(87)88)72-56(81)20-16-14-12-10-8-6-4-5-7-9-11-13-15-17-21-59(84)85/h33-34,37-39,50,52,54H,4-32,35-36,40-42H2,1-3H3,(H,68,82)(H,72,81)(H,84,85)(H,87,88)(H,73,74,86)/t50-,52-,54+,65-/m0/s1. The van der Waals surface area contributed by atoms with Crippen LogP contribution in [0.2, 0.25) is 0 Å². The summed E-state index contributed by atoms with van der Waals surface area (Å²) < 4.78 is 37.2. The number of piperidine rings is 1. The molecule has 0 unspecified atom stereocenters. The Balaban J connectivity index is 0.740. The molecule has 2 fully saturated rings. The zero-order chi connectivity index (χ0) is 66.4. The van der Waals surface area contributed by atoms with Gasteiger partial charge in [0.25, 0.3) is 0 Å². The number of fused-ring (bicyclic) bond motifs is 2. The first-order valence-corrected chi connectivity index (χ1v) is 33.0.